The molecule has 4 nitrogen and oxygen atoms in total. The Balaban J connectivity index is 1.79. The second-order valence-corrected chi connectivity index (χ2v) is 4.90. The Labute approximate surface area is 123 Å². The van der Waals surface area contributed by atoms with Gasteiger partial charge < -0.3 is 10.1 Å². The van der Waals surface area contributed by atoms with Gasteiger partial charge in [-0.3, -0.25) is 9.97 Å². The van der Waals surface area contributed by atoms with Crippen molar-refractivity contribution in [3.05, 3.63) is 60.4 Å². The third-order valence-electron chi connectivity index (χ3n) is 3.47. The van der Waals surface area contributed by atoms with Crippen molar-refractivity contribution < 1.29 is 4.74 Å². The number of fused-ring (bicyclic) bond motifs is 1. The lowest BCUT2D eigenvalue weighted by atomic mass is 10.1. The van der Waals surface area contributed by atoms with Gasteiger partial charge in [0.05, 0.1) is 18.1 Å². The van der Waals surface area contributed by atoms with Gasteiger partial charge in [-0.1, -0.05) is 12.1 Å². The summed E-state index contributed by atoms with van der Waals surface area (Å²) in [5, 5.41) is 3.48. The largest absolute Gasteiger partial charge is 0.497 e. The molecule has 106 valence electrons. The molecule has 1 atom stereocenters. The number of hydrogen-bond acceptors (Lipinski definition) is 4. The van der Waals surface area contributed by atoms with Crippen molar-refractivity contribution in [2.45, 2.75) is 13.0 Å². The third-order valence-corrected chi connectivity index (χ3v) is 3.47. The fourth-order valence-electron chi connectivity index (χ4n) is 2.28. The van der Waals surface area contributed by atoms with Crippen molar-refractivity contribution in [2.24, 2.45) is 0 Å². The monoisotopic (exact) mass is 279 g/mol. The van der Waals surface area contributed by atoms with Gasteiger partial charge in [-0.25, -0.2) is 0 Å². The van der Waals surface area contributed by atoms with E-state index in [1.807, 2.05) is 30.3 Å². The van der Waals surface area contributed by atoms with E-state index in [4.69, 9.17) is 4.74 Å². The molecule has 4 heteroatoms. The highest BCUT2D eigenvalue weighted by Gasteiger charge is 2.06. The second kappa shape index (κ2) is 5.79. The molecule has 3 rings (SSSR count). The number of ether oxygens (including phenoxy) is 1. The normalized spacial score (nSPS) is 12.1. The van der Waals surface area contributed by atoms with E-state index in [1.54, 1.807) is 19.5 Å². The van der Waals surface area contributed by atoms with Crippen molar-refractivity contribution in [3.63, 3.8) is 0 Å². The van der Waals surface area contributed by atoms with Crippen LogP contribution >= 0.6 is 0 Å². The fraction of sp³-hybridized carbons (Fsp3) is 0.176. The summed E-state index contributed by atoms with van der Waals surface area (Å²) in [5.41, 5.74) is 4.03. The zero-order chi connectivity index (χ0) is 14.7. The molecule has 1 heterocycles. The van der Waals surface area contributed by atoms with E-state index in [0.29, 0.717) is 0 Å². The third kappa shape index (κ3) is 2.94. The number of aromatic nitrogens is 2. The zero-order valence-corrected chi connectivity index (χ0v) is 12.1. The Kier molecular flexibility index (Phi) is 3.69. The smallest absolute Gasteiger partial charge is 0.118 e. The molecule has 21 heavy (non-hydrogen) atoms. The van der Waals surface area contributed by atoms with Crippen LogP contribution < -0.4 is 10.1 Å². The molecular formula is C17H17N3O. The van der Waals surface area contributed by atoms with Crippen molar-refractivity contribution in [1.82, 2.24) is 9.97 Å². The molecule has 0 saturated carbocycles. The molecule has 0 radical (unpaired) electrons. The molecule has 0 fully saturated rings. The molecule has 0 bridgehead atoms. The van der Waals surface area contributed by atoms with E-state index in [9.17, 15) is 0 Å². The molecule has 3 aromatic rings. The van der Waals surface area contributed by atoms with Gasteiger partial charge in [0.25, 0.3) is 0 Å². The van der Waals surface area contributed by atoms with Gasteiger partial charge in [-0.15, -0.1) is 0 Å². The SMILES string of the molecule is COc1ccc(C(C)Nc2ccc3nccnc3c2)cc1. The summed E-state index contributed by atoms with van der Waals surface area (Å²) in [6, 6.07) is 14.3. The fourth-order valence-corrected chi connectivity index (χ4v) is 2.28. The zero-order valence-electron chi connectivity index (χ0n) is 12.1. The quantitative estimate of drug-likeness (QED) is 0.789. The predicted octanol–water partition coefficient (Wildman–Crippen LogP) is 3.81. The number of nitrogens with one attached hydrogen (secondary N) is 1. The lowest BCUT2D eigenvalue weighted by Gasteiger charge is -2.16. The van der Waals surface area contributed by atoms with Crippen LogP contribution in [0.25, 0.3) is 11.0 Å². The summed E-state index contributed by atoms with van der Waals surface area (Å²) < 4.78 is 5.18. The van der Waals surface area contributed by atoms with E-state index < -0.39 is 0 Å². The maximum atomic E-state index is 5.18. The van der Waals surface area contributed by atoms with Gasteiger partial charge in [0.15, 0.2) is 0 Å². The minimum atomic E-state index is 0.199. The van der Waals surface area contributed by atoms with Crippen LogP contribution in [0.3, 0.4) is 0 Å². The lowest BCUT2D eigenvalue weighted by Crippen LogP contribution is -2.06. The minimum absolute atomic E-state index is 0.199. The number of nitrogens with zero attached hydrogens (tertiary/aromatic N) is 2. The first-order valence-electron chi connectivity index (χ1n) is 6.87. The molecule has 0 spiro atoms. The van der Waals surface area contributed by atoms with Crippen LogP contribution in [0.15, 0.2) is 54.9 Å². The van der Waals surface area contributed by atoms with Crippen molar-refractivity contribution in [3.8, 4) is 5.75 Å². The van der Waals surface area contributed by atoms with Crippen LogP contribution in [-0.2, 0) is 0 Å². The highest BCUT2D eigenvalue weighted by molar-refractivity contribution is 5.78. The maximum absolute atomic E-state index is 5.18. The maximum Gasteiger partial charge on any atom is 0.118 e. The Morgan fingerprint density at radius 3 is 2.38 bits per heavy atom. The van der Waals surface area contributed by atoms with Gasteiger partial charge in [0, 0.05) is 24.1 Å². The van der Waals surface area contributed by atoms with Gasteiger partial charge in [-0.05, 0) is 42.8 Å². The lowest BCUT2D eigenvalue weighted by molar-refractivity contribution is 0.414. The molecular weight excluding hydrogens is 262 g/mol. The van der Waals surface area contributed by atoms with Crippen LogP contribution in [0.5, 0.6) is 5.75 Å². The summed E-state index contributed by atoms with van der Waals surface area (Å²) >= 11 is 0. The first kappa shape index (κ1) is 13.4. The molecule has 2 aromatic carbocycles. The summed E-state index contributed by atoms with van der Waals surface area (Å²) in [5.74, 6) is 0.868. The van der Waals surface area contributed by atoms with Crippen LogP contribution in [0.1, 0.15) is 18.5 Å². The minimum Gasteiger partial charge on any atom is -0.497 e. The van der Waals surface area contributed by atoms with Crippen molar-refractivity contribution in [2.75, 3.05) is 12.4 Å². The summed E-state index contributed by atoms with van der Waals surface area (Å²) in [6.07, 6.45) is 3.41. The Bertz CT molecular complexity index is 740. The molecule has 0 saturated heterocycles. The molecule has 0 aliphatic carbocycles. The summed E-state index contributed by atoms with van der Waals surface area (Å²) in [6.45, 7) is 2.13. The van der Waals surface area contributed by atoms with Crippen molar-refractivity contribution >= 4 is 16.7 Å². The van der Waals surface area contributed by atoms with Crippen LogP contribution in [0, 0.1) is 0 Å². The average molecular weight is 279 g/mol. The molecule has 1 unspecified atom stereocenters. The van der Waals surface area contributed by atoms with Crippen LogP contribution in [-0.4, -0.2) is 17.1 Å². The Hall–Kier alpha value is -2.62. The highest BCUT2D eigenvalue weighted by atomic mass is 16.5. The molecule has 0 aliphatic heterocycles. The number of hydrogen-bond donors (Lipinski definition) is 1. The molecule has 1 N–H and O–H groups in total. The van der Waals surface area contributed by atoms with E-state index in [1.165, 1.54) is 5.56 Å². The van der Waals surface area contributed by atoms with E-state index in [0.717, 1.165) is 22.5 Å². The van der Waals surface area contributed by atoms with E-state index in [-0.39, 0.29) is 6.04 Å². The number of benzene rings is 2. The van der Waals surface area contributed by atoms with Crippen LogP contribution in [0.2, 0.25) is 0 Å². The first-order valence-corrected chi connectivity index (χ1v) is 6.87. The summed E-state index contributed by atoms with van der Waals surface area (Å²) in [4.78, 5) is 8.60. The Morgan fingerprint density at radius 2 is 1.67 bits per heavy atom. The van der Waals surface area contributed by atoms with Crippen LogP contribution in [0.4, 0.5) is 5.69 Å². The van der Waals surface area contributed by atoms with Crippen molar-refractivity contribution in [1.29, 1.82) is 0 Å². The number of rotatable bonds is 4. The van der Waals surface area contributed by atoms with Gasteiger partial charge in [-0.2, -0.15) is 0 Å². The topological polar surface area (TPSA) is 47.0 Å². The predicted molar refractivity (Wildman–Crippen MR) is 84.6 cm³/mol. The molecule has 0 amide bonds. The first-order chi connectivity index (χ1) is 10.3. The second-order valence-electron chi connectivity index (χ2n) is 4.90. The average Bonchev–Trinajstić information content (AvgIpc) is 2.55. The summed E-state index contributed by atoms with van der Waals surface area (Å²) in [7, 11) is 1.67. The highest BCUT2D eigenvalue weighted by Crippen LogP contribution is 2.23. The Morgan fingerprint density at radius 1 is 0.952 bits per heavy atom. The molecule has 1 aromatic heterocycles. The number of methoxy groups -OCH3 is 1. The standard InChI is InChI=1S/C17H17N3O/c1-12(13-3-6-15(21-2)7-4-13)20-14-5-8-16-17(11-14)19-10-9-18-16/h3-12,20H,1-2H3. The van der Waals surface area contributed by atoms with Gasteiger partial charge in [0.1, 0.15) is 5.75 Å². The van der Waals surface area contributed by atoms with Gasteiger partial charge >= 0.3 is 0 Å². The molecule has 0 aliphatic rings. The van der Waals surface area contributed by atoms with E-state index >= 15 is 0 Å². The van der Waals surface area contributed by atoms with Gasteiger partial charge in [0.2, 0.25) is 0 Å². The number of anilines is 1. The van der Waals surface area contributed by atoms with E-state index in [2.05, 4.69) is 34.3 Å².